The molecular weight excluding hydrogens is 224 g/mol. The number of hydrogen-bond donors (Lipinski definition) is 1. The Morgan fingerprint density at radius 1 is 1.33 bits per heavy atom. The van der Waals surface area contributed by atoms with Crippen LogP contribution < -0.4 is 5.32 Å². The van der Waals surface area contributed by atoms with Crippen molar-refractivity contribution in [2.75, 3.05) is 32.8 Å². The van der Waals surface area contributed by atoms with E-state index in [1.165, 1.54) is 25.9 Å². The summed E-state index contributed by atoms with van der Waals surface area (Å²) in [7, 11) is 0. The van der Waals surface area contributed by atoms with Gasteiger partial charge in [0.1, 0.15) is 0 Å². The summed E-state index contributed by atoms with van der Waals surface area (Å²) in [5.74, 6) is 0.729. The molecule has 0 spiro atoms. The van der Waals surface area contributed by atoms with E-state index >= 15 is 0 Å². The average molecular weight is 256 g/mol. The van der Waals surface area contributed by atoms with Gasteiger partial charge in [-0.05, 0) is 25.7 Å². The minimum absolute atomic E-state index is 0.692. The van der Waals surface area contributed by atoms with Gasteiger partial charge in [-0.25, -0.2) is 0 Å². The fraction of sp³-hybridized carbons (Fsp3) is 1.00. The molecule has 1 fully saturated rings. The van der Waals surface area contributed by atoms with Gasteiger partial charge in [-0.15, -0.1) is 0 Å². The quantitative estimate of drug-likeness (QED) is 0.675. The van der Waals surface area contributed by atoms with Crippen LogP contribution in [0.15, 0.2) is 0 Å². The van der Waals surface area contributed by atoms with Gasteiger partial charge in [-0.2, -0.15) is 0 Å². The molecule has 108 valence electrons. The van der Waals surface area contributed by atoms with Crippen LogP contribution in [0, 0.1) is 5.92 Å². The van der Waals surface area contributed by atoms with Gasteiger partial charge in [0.2, 0.25) is 0 Å². The van der Waals surface area contributed by atoms with E-state index in [0.717, 1.165) is 32.1 Å². The SMILES string of the molecule is CCCC1CN(CCCOCC)C(C(C)C)CN1. The van der Waals surface area contributed by atoms with Gasteiger partial charge in [0.15, 0.2) is 0 Å². The molecule has 1 saturated heterocycles. The molecule has 0 saturated carbocycles. The van der Waals surface area contributed by atoms with Crippen molar-refractivity contribution in [3.63, 3.8) is 0 Å². The molecule has 3 nitrogen and oxygen atoms in total. The van der Waals surface area contributed by atoms with Crippen LogP contribution in [0.25, 0.3) is 0 Å². The Kier molecular flexibility index (Phi) is 7.87. The van der Waals surface area contributed by atoms with Crippen LogP contribution in [-0.4, -0.2) is 49.8 Å². The van der Waals surface area contributed by atoms with Gasteiger partial charge >= 0.3 is 0 Å². The molecule has 1 rings (SSSR count). The fourth-order valence-electron chi connectivity index (χ4n) is 2.87. The maximum atomic E-state index is 5.45. The minimum atomic E-state index is 0.692. The number of nitrogens with zero attached hydrogens (tertiary/aromatic N) is 1. The van der Waals surface area contributed by atoms with Gasteiger partial charge in [0.25, 0.3) is 0 Å². The molecule has 0 amide bonds. The maximum absolute atomic E-state index is 5.45. The maximum Gasteiger partial charge on any atom is 0.0478 e. The molecule has 0 aromatic rings. The topological polar surface area (TPSA) is 24.5 Å². The van der Waals surface area contributed by atoms with E-state index in [4.69, 9.17) is 4.74 Å². The Bertz CT molecular complexity index is 209. The van der Waals surface area contributed by atoms with Crippen molar-refractivity contribution in [1.82, 2.24) is 10.2 Å². The highest BCUT2D eigenvalue weighted by Gasteiger charge is 2.28. The van der Waals surface area contributed by atoms with Crippen LogP contribution in [0.1, 0.15) is 47.0 Å². The lowest BCUT2D eigenvalue weighted by molar-refractivity contribution is 0.0761. The van der Waals surface area contributed by atoms with Crippen molar-refractivity contribution in [3.05, 3.63) is 0 Å². The first-order valence-electron chi connectivity index (χ1n) is 7.74. The summed E-state index contributed by atoms with van der Waals surface area (Å²) < 4.78 is 5.45. The standard InChI is InChI=1S/C15H32N2O/c1-5-8-14-12-17(9-7-10-18-6-2)15(11-16-14)13(3)4/h13-16H,5-12H2,1-4H3. The zero-order valence-electron chi connectivity index (χ0n) is 12.7. The fourth-order valence-corrected chi connectivity index (χ4v) is 2.87. The minimum Gasteiger partial charge on any atom is -0.382 e. The van der Waals surface area contributed by atoms with Crippen molar-refractivity contribution < 1.29 is 4.74 Å². The van der Waals surface area contributed by atoms with Crippen LogP contribution in [0.5, 0.6) is 0 Å². The Labute approximate surface area is 113 Å². The molecule has 0 aromatic carbocycles. The normalized spacial score (nSPS) is 25.8. The van der Waals surface area contributed by atoms with E-state index < -0.39 is 0 Å². The molecular formula is C15H32N2O. The van der Waals surface area contributed by atoms with Gasteiger partial charge in [-0.3, -0.25) is 4.90 Å². The van der Waals surface area contributed by atoms with Gasteiger partial charge in [0.05, 0.1) is 0 Å². The zero-order chi connectivity index (χ0) is 13.4. The third-order valence-electron chi connectivity index (χ3n) is 3.88. The van der Waals surface area contributed by atoms with E-state index in [2.05, 4.69) is 37.9 Å². The monoisotopic (exact) mass is 256 g/mol. The second-order valence-electron chi connectivity index (χ2n) is 5.75. The van der Waals surface area contributed by atoms with Gasteiger partial charge < -0.3 is 10.1 Å². The number of rotatable bonds is 8. The zero-order valence-corrected chi connectivity index (χ0v) is 12.7. The molecule has 1 aliphatic rings. The number of hydrogen-bond acceptors (Lipinski definition) is 3. The summed E-state index contributed by atoms with van der Waals surface area (Å²) in [6.45, 7) is 14.3. The molecule has 0 radical (unpaired) electrons. The van der Waals surface area contributed by atoms with E-state index in [-0.39, 0.29) is 0 Å². The summed E-state index contributed by atoms with van der Waals surface area (Å²) in [4.78, 5) is 2.68. The first-order valence-corrected chi connectivity index (χ1v) is 7.74. The summed E-state index contributed by atoms with van der Waals surface area (Å²) >= 11 is 0. The first-order chi connectivity index (χ1) is 8.69. The van der Waals surface area contributed by atoms with Gasteiger partial charge in [0, 0.05) is 44.9 Å². The third kappa shape index (κ3) is 5.25. The molecule has 3 heteroatoms. The predicted molar refractivity (Wildman–Crippen MR) is 78.0 cm³/mol. The summed E-state index contributed by atoms with van der Waals surface area (Å²) in [5, 5.41) is 3.71. The third-order valence-corrected chi connectivity index (χ3v) is 3.88. The van der Waals surface area contributed by atoms with Crippen molar-refractivity contribution in [2.45, 2.75) is 59.0 Å². The Morgan fingerprint density at radius 2 is 2.11 bits per heavy atom. The highest BCUT2D eigenvalue weighted by atomic mass is 16.5. The van der Waals surface area contributed by atoms with E-state index in [1.807, 2.05) is 0 Å². The lowest BCUT2D eigenvalue weighted by Crippen LogP contribution is -2.58. The lowest BCUT2D eigenvalue weighted by atomic mass is 9.97. The molecule has 1 heterocycles. The molecule has 1 aliphatic heterocycles. The molecule has 2 atom stereocenters. The van der Waals surface area contributed by atoms with Crippen molar-refractivity contribution in [2.24, 2.45) is 5.92 Å². The van der Waals surface area contributed by atoms with E-state index in [1.54, 1.807) is 0 Å². The first kappa shape index (κ1) is 15.9. The lowest BCUT2D eigenvalue weighted by Gasteiger charge is -2.42. The van der Waals surface area contributed by atoms with Crippen LogP contribution in [0.2, 0.25) is 0 Å². The van der Waals surface area contributed by atoms with Crippen LogP contribution >= 0.6 is 0 Å². The Balaban J connectivity index is 2.39. The highest BCUT2D eigenvalue weighted by molar-refractivity contribution is 4.87. The van der Waals surface area contributed by atoms with Crippen LogP contribution in [0.4, 0.5) is 0 Å². The Hall–Kier alpha value is -0.120. The number of ether oxygens (including phenoxy) is 1. The number of piperazine rings is 1. The number of nitrogens with one attached hydrogen (secondary N) is 1. The predicted octanol–water partition coefficient (Wildman–Crippen LogP) is 2.51. The van der Waals surface area contributed by atoms with Crippen molar-refractivity contribution >= 4 is 0 Å². The summed E-state index contributed by atoms with van der Waals surface area (Å²) in [6.07, 6.45) is 3.74. The average Bonchev–Trinajstić information content (AvgIpc) is 2.35. The van der Waals surface area contributed by atoms with Crippen molar-refractivity contribution in [3.8, 4) is 0 Å². The van der Waals surface area contributed by atoms with Crippen LogP contribution in [0.3, 0.4) is 0 Å². The molecule has 2 unspecified atom stereocenters. The highest BCUT2D eigenvalue weighted by Crippen LogP contribution is 2.17. The van der Waals surface area contributed by atoms with Crippen LogP contribution in [-0.2, 0) is 4.74 Å². The second-order valence-corrected chi connectivity index (χ2v) is 5.75. The molecule has 0 bridgehead atoms. The van der Waals surface area contributed by atoms with Gasteiger partial charge in [-0.1, -0.05) is 27.2 Å². The summed E-state index contributed by atoms with van der Waals surface area (Å²) in [6, 6.07) is 1.39. The molecule has 0 aromatic heterocycles. The molecule has 18 heavy (non-hydrogen) atoms. The smallest absolute Gasteiger partial charge is 0.0478 e. The van der Waals surface area contributed by atoms with E-state index in [0.29, 0.717) is 12.1 Å². The molecule has 0 aliphatic carbocycles. The molecule has 1 N–H and O–H groups in total. The van der Waals surface area contributed by atoms with E-state index in [9.17, 15) is 0 Å². The second kappa shape index (κ2) is 8.89. The van der Waals surface area contributed by atoms with Crippen molar-refractivity contribution in [1.29, 1.82) is 0 Å². The Morgan fingerprint density at radius 3 is 2.72 bits per heavy atom. The largest absolute Gasteiger partial charge is 0.382 e. The summed E-state index contributed by atoms with van der Waals surface area (Å²) in [5.41, 5.74) is 0.